The van der Waals surface area contributed by atoms with Crippen LogP contribution in [0.5, 0.6) is 0 Å². The zero-order chi connectivity index (χ0) is 13.1. The summed E-state index contributed by atoms with van der Waals surface area (Å²) in [4.78, 5) is 16.2. The van der Waals surface area contributed by atoms with Crippen LogP contribution in [0.1, 0.15) is 34.1 Å². The van der Waals surface area contributed by atoms with Gasteiger partial charge in [0.15, 0.2) is 5.82 Å². The highest BCUT2D eigenvalue weighted by atomic mass is 16.1. The van der Waals surface area contributed by atoms with Crippen molar-refractivity contribution in [2.45, 2.75) is 45.7 Å². The van der Waals surface area contributed by atoms with E-state index in [1.807, 2.05) is 27.7 Å². The first-order valence-electron chi connectivity index (χ1n) is 5.94. The van der Waals surface area contributed by atoms with Crippen LogP contribution >= 0.6 is 0 Å². The molecule has 96 valence electrons. The van der Waals surface area contributed by atoms with Gasteiger partial charge in [0.05, 0.1) is 0 Å². The van der Waals surface area contributed by atoms with Crippen molar-refractivity contribution in [2.24, 2.45) is 5.73 Å². The van der Waals surface area contributed by atoms with E-state index in [2.05, 4.69) is 10.3 Å². The van der Waals surface area contributed by atoms with Gasteiger partial charge in [0.25, 0.3) is 5.56 Å². The predicted octanol–water partition coefficient (Wildman–Crippen LogP) is 1.15. The highest BCUT2D eigenvalue weighted by Crippen LogP contribution is 2.10. The highest BCUT2D eigenvalue weighted by Gasteiger charge is 2.16. The minimum atomic E-state index is -0.247. The minimum absolute atomic E-state index is 0.0412. The summed E-state index contributed by atoms with van der Waals surface area (Å²) in [7, 11) is 0. The van der Waals surface area contributed by atoms with Crippen LogP contribution in [0, 0.1) is 0 Å². The Morgan fingerprint density at radius 2 is 2.18 bits per heavy atom. The number of nitrogens with one attached hydrogen (secondary N) is 1. The van der Waals surface area contributed by atoms with Gasteiger partial charge in [0.2, 0.25) is 0 Å². The first kappa shape index (κ1) is 13.7. The van der Waals surface area contributed by atoms with Crippen molar-refractivity contribution in [3.05, 3.63) is 22.7 Å². The van der Waals surface area contributed by atoms with Crippen LogP contribution < -0.4 is 16.6 Å². The molecule has 0 radical (unpaired) electrons. The molecular weight excluding hydrogens is 216 g/mol. The van der Waals surface area contributed by atoms with E-state index in [9.17, 15) is 4.79 Å². The zero-order valence-corrected chi connectivity index (χ0v) is 11.0. The van der Waals surface area contributed by atoms with Gasteiger partial charge in [-0.1, -0.05) is 6.92 Å². The topological polar surface area (TPSA) is 72.9 Å². The largest absolute Gasteiger partial charge is 0.364 e. The molecule has 1 atom stereocenters. The van der Waals surface area contributed by atoms with Crippen molar-refractivity contribution in [2.75, 3.05) is 11.9 Å². The van der Waals surface area contributed by atoms with Gasteiger partial charge in [-0.05, 0) is 27.2 Å². The Bertz CT molecular complexity index is 419. The van der Waals surface area contributed by atoms with E-state index in [0.29, 0.717) is 12.4 Å². The molecule has 1 rings (SSSR count). The lowest BCUT2D eigenvalue weighted by atomic mass is 10.1. The second kappa shape index (κ2) is 5.31. The molecule has 0 aliphatic carbocycles. The van der Waals surface area contributed by atoms with Gasteiger partial charge in [-0.3, -0.25) is 4.79 Å². The van der Waals surface area contributed by atoms with E-state index >= 15 is 0 Å². The Morgan fingerprint density at radius 1 is 1.53 bits per heavy atom. The second-order valence-corrected chi connectivity index (χ2v) is 5.17. The summed E-state index contributed by atoms with van der Waals surface area (Å²) in [6.07, 6.45) is 4.20. The maximum Gasteiger partial charge on any atom is 0.293 e. The van der Waals surface area contributed by atoms with Crippen molar-refractivity contribution in [3.8, 4) is 0 Å². The molecule has 0 spiro atoms. The van der Waals surface area contributed by atoms with Crippen molar-refractivity contribution in [1.29, 1.82) is 0 Å². The predicted molar refractivity (Wildman–Crippen MR) is 70.2 cm³/mol. The fraction of sp³-hybridized carbons (Fsp3) is 0.667. The van der Waals surface area contributed by atoms with Gasteiger partial charge in [-0.2, -0.15) is 0 Å². The third-order valence-electron chi connectivity index (χ3n) is 2.62. The molecule has 5 heteroatoms. The number of hydrogen-bond donors (Lipinski definition) is 2. The molecule has 0 aliphatic heterocycles. The first-order chi connectivity index (χ1) is 7.86. The van der Waals surface area contributed by atoms with Crippen LogP contribution in [0.15, 0.2) is 17.2 Å². The Labute approximate surface area is 102 Å². The van der Waals surface area contributed by atoms with Crippen molar-refractivity contribution >= 4 is 5.82 Å². The Kier molecular flexibility index (Phi) is 4.28. The van der Waals surface area contributed by atoms with Gasteiger partial charge < -0.3 is 15.6 Å². The van der Waals surface area contributed by atoms with E-state index in [1.165, 1.54) is 0 Å². The molecule has 0 saturated heterocycles. The SMILES string of the molecule is CCC(N)CNc1nccn(C(C)(C)C)c1=O. The molecule has 0 fully saturated rings. The molecule has 0 saturated carbocycles. The van der Waals surface area contributed by atoms with Gasteiger partial charge in [0.1, 0.15) is 0 Å². The standard InChI is InChI=1S/C12H22N4O/c1-5-9(13)8-15-10-11(17)16(7-6-14-10)12(2,3)4/h6-7,9H,5,8,13H2,1-4H3,(H,14,15). The number of nitrogens with zero attached hydrogens (tertiary/aromatic N) is 2. The molecule has 1 unspecified atom stereocenters. The molecule has 1 aromatic heterocycles. The molecule has 1 aromatic rings. The fourth-order valence-electron chi connectivity index (χ4n) is 1.43. The third-order valence-corrected chi connectivity index (χ3v) is 2.62. The van der Waals surface area contributed by atoms with E-state index in [0.717, 1.165) is 6.42 Å². The lowest BCUT2D eigenvalue weighted by Gasteiger charge is -2.22. The molecule has 0 amide bonds. The number of aromatic nitrogens is 2. The molecule has 0 aromatic carbocycles. The van der Waals surface area contributed by atoms with E-state index in [1.54, 1.807) is 17.0 Å². The van der Waals surface area contributed by atoms with E-state index < -0.39 is 0 Å². The zero-order valence-electron chi connectivity index (χ0n) is 11.0. The van der Waals surface area contributed by atoms with Crippen LogP contribution in [-0.2, 0) is 5.54 Å². The van der Waals surface area contributed by atoms with Crippen LogP contribution in [0.25, 0.3) is 0 Å². The Balaban J connectivity index is 2.92. The molecule has 1 heterocycles. The number of anilines is 1. The molecule has 5 nitrogen and oxygen atoms in total. The number of nitrogens with two attached hydrogens (primary N) is 1. The highest BCUT2D eigenvalue weighted by molar-refractivity contribution is 5.31. The van der Waals surface area contributed by atoms with Gasteiger partial charge in [-0.15, -0.1) is 0 Å². The third kappa shape index (κ3) is 3.56. The lowest BCUT2D eigenvalue weighted by molar-refractivity contribution is 0.383. The summed E-state index contributed by atoms with van der Waals surface area (Å²) >= 11 is 0. The van der Waals surface area contributed by atoms with Crippen molar-refractivity contribution in [1.82, 2.24) is 9.55 Å². The Hall–Kier alpha value is -1.36. The first-order valence-corrected chi connectivity index (χ1v) is 5.94. The molecular formula is C12H22N4O. The smallest absolute Gasteiger partial charge is 0.293 e. The molecule has 0 aliphatic rings. The average Bonchev–Trinajstić information content (AvgIpc) is 2.25. The normalized spacial score (nSPS) is 13.5. The summed E-state index contributed by atoms with van der Waals surface area (Å²) < 4.78 is 1.67. The average molecular weight is 238 g/mol. The van der Waals surface area contributed by atoms with Gasteiger partial charge in [0, 0.05) is 30.5 Å². The maximum absolute atomic E-state index is 12.1. The molecule has 0 bridgehead atoms. The van der Waals surface area contributed by atoms with Gasteiger partial charge >= 0.3 is 0 Å². The van der Waals surface area contributed by atoms with Crippen LogP contribution in [-0.4, -0.2) is 22.1 Å². The Morgan fingerprint density at radius 3 is 2.71 bits per heavy atom. The quantitative estimate of drug-likeness (QED) is 0.825. The van der Waals surface area contributed by atoms with Gasteiger partial charge in [-0.25, -0.2) is 4.98 Å². The second-order valence-electron chi connectivity index (χ2n) is 5.17. The molecule has 17 heavy (non-hydrogen) atoms. The van der Waals surface area contributed by atoms with Crippen LogP contribution in [0.4, 0.5) is 5.82 Å². The minimum Gasteiger partial charge on any atom is -0.364 e. The number of hydrogen-bond acceptors (Lipinski definition) is 4. The van der Waals surface area contributed by atoms with Crippen LogP contribution in [0.3, 0.4) is 0 Å². The summed E-state index contributed by atoms with van der Waals surface area (Å²) in [5.74, 6) is 0.367. The van der Waals surface area contributed by atoms with E-state index in [4.69, 9.17) is 5.73 Å². The monoisotopic (exact) mass is 238 g/mol. The van der Waals surface area contributed by atoms with Crippen molar-refractivity contribution in [3.63, 3.8) is 0 Å². The van der Waals surface area contributed by atoms with E-state index in [-0.39, 0.29) is 17.1 Å². The summed E-state index contributed by atoms with van der Waals surface area (Å²) in [6, 6.07) is 0.0412. The summed E-state index contributed by atoms with van der Waals surface area (Å²) in [5.41, 5.74) is 5.44. The fourth-order valence-corrected chi connectivity index (χ4v) is 1.43. The lowest BCUT2D eigenvalue weighted by Crippen LogP contribution is -2.37. The van der Waals surface area contributed by atoms with Crippen LogP contribution in [0.2, 0.25) is 0 Å². The summed E-state index contributed by atoms with van der Waals surface area (Å²) in [5, 5.41) is 3.01. The number of rotatable bonds is 4. The molecule has 3 N–H and O–H groups in total. The summed E-state index contributed by atoms with van der Waals surface area (Å²) in [6.45, 7) is 8.52. The van der Waals surface area contributed by atoms with Crippen molar-refractivity contribution < 1.29 is 0 Å². The maximum atomic E-state index is 12.1.